The van der Waals surface area contributed by atoms with Gasteiger partial charge in [0, 0.05) is 17.4 Å². The molecule has 0 radical (unpaired) electrons. The molecule has 0 aliphatic heterocycles. The number of hydrogen-bond donors (Lipinski definition) is 1. The van der Waals surface area contributed by atoms with Crippen LogP contribution in [0, 0.1) is 15.9 Å². The maximum absolute atomic E-state index is 13.3. The van der Waals surface area contributed by atoms with Gasteiger partial charge in [-0.1, -0.05) is 25.1 Å². The van der Waals surface area contributed by atoms with Crippen LogP contribution in [0.5, 0.6) is 0 Å². The van der Waals surface area contributed by atoms with Crippen LogP contribution in [0.25, 0.3) is 0 Å². The summed E-state index contributed by atoms with van der Waals surface area (Å²) >= 11 is 0. The van der Waals surface area contributed by atoms with E-state index in [1.54, 1.807) is 0 Å². The second kappa shape index (κ2) is 5.48. The highest BCUT2D eigenvalue weighted by Gasteiger charge is 2.10. The number of nitro groups is 1. The van der Waals surface area contributed by atoms with E-state index in [-0.39, 0.29) is 5.69 Å². The van der Waals surface area contributed by atoms with E-state index in [4.69, 9.17) is 0 Å². The van der Waals surface area contributed by atoms with Gasteiger partial charge in [-0.25, -0.2) is 4.39 Å². The van der Waals surface area contributed by atoms with Crippen molar-refractivity contribution in [3.8, 4) is 0 Å². The summed E-state index contributed by atoms with van der Waals surface area (Å²) in [4.78, 5) is 10.1. The minimum atomic E-state index is -0.634. The molecule has 0 unspecified atom stereocenters. The maximum Gasteiger partial charge on any atom is 0.274 e. The molecule has 2 aromatic rings. The first kappa shape index (κ1) is 13.0. The van der Waals surface area contributed by atoms with Crippen LogP contribution in [0.2, 0.25) is 0 Å². The van der Waals surface area contributed by atoms with Gasteiger partial charge in [-0.3, -0.25) is 10.1 Å². The Morgan fingerprint density at radius 1 is 1.26 bits per heavy atom. The lowest BCUT2D eigenvalue weighted by atomic mass is 10.1. The molecular weight excluding hydrogens is 247 g/mol. The van der Waals surface area contributed by atoms with Crippen molar-refractivity contribution in [2.24, 2.45) is 0 Å². The van der Waals surface area contributed by atoms with Gasteiger partial charge < -0.3 is 5.32 Å². The smallest absolute Gasteiger partial charge is 0.274 e. The van der Waals surface area contributed by atoms with Crippen LogP contribution in [0.3, 0.4) is 0 Å². The molecule has 4 nitrogen and oxygen atoms in total. The van der Waals surface area contributed by atoms with E-state index in [0.29, 0.717) is 5.69 Å². The molecule has 2 rings (SSSR count). The normalized spacial score (nSPS) is 10.2. The molecule has 0 aromatic heterocycles. The number of anilines is 2. The zero-order valence-corrected chi connectivity index (χ0v) is 10.4. The summed E-state index contributed by atoms with van der Waals surface area (Å²) in [7, 11) is 0. The van der Waals surface area contributed by atoms with E-state index in [0.717, 1.165) is 23.7 Å². The molecule has 0 heterocycles. The van der Waals surface area contributed by atoms with Gasteiger partial charge in [0.15, 0.2) is 0 Å². The largest absolute Gasteiger partial charge is 0.355 e. The van der Waals surface area contributed by atoms with Crippen molar-refractivity contribution >= 4 is 17.1 Å². The van der Waals surface area contributed by atoms with Crippen molar-refractivity contribution < 1.29 is 9.31 Å². The Morgan fingerprint density at radius 2 is 2.00 bits per heavy atom. The fourth-order valence-electron chi connectivity index (χ4n) is 1.86. The third-order valence-electron chi connectivity index (χ3n) is 2.77. The standard InChI is InChI=1S/C14H13FN2O2/c1-2-10-5-3-4-6-14(10)16-12-7-11(15)8-13(9-12)17(18)19/h3-9,16H,2H2,1H3. The van der Waals surface area contributed by atoms with Crippen molar-refractivity contribution in [1.29, 1.82) is 0 Å². The quantitative estimate of drug-likeness (QED) is 0.666. The number of halogens is 1. The highest BCUT2D eigenvalue weighted by atomic mass is 19.1. The average Bonchev–Trinajstić information content (AvgIpc) is 2.38. The number of hydrogen-bond acceptors (Lipinski definition) is 3. The van der Waals surface area contributed by atoms with Crippen LogP contribution in [-0.4, -0.2) is 4.92 Å². The van der Waals surface area contributed by atoms with Crippen molar-refractivity contribution in [2.75, 3.05) is 5.32 Å². The van der Waals surface area contributed by atoms with E-state index in [2.05, 4.69) is 5.32 Å². The summed E-state index contributed by atoms with van der Waals surface area (Å²) in [6.45, 7) is 2.01. The summed E-state index contributed by atoms with van der Waals surface area (Å²) in [5, 5.41) is 13.7. The lowest BCUT2D eigenvalue weighted by Crippen LogP contribution is -1.97. The van der Waals surface area contributed by atoms with Crippen molar-refractivity contribution in [3.05, 3.63) is 64.0 Å². The van der Waals surface area contributed by atoms with Crippen LogP contribution in [-0.2, 0) is 6.42 Å². The first-order chi connectivity index (χ1) is 9.10. The number of benzene rings is 2. The number of rotatable bonds is 4. The third-order valence-corrected chi connectivity index (χ3v) is 2.77. The van der Waals surface area contributed by atoms with Crippen LogP contribution in [0.4, 0.5) is 21.5 Å². The molecule has 98 valence electrons. The maximum atomic E-state index is 13.3. The van der Waals surface area contributed by atoms with Gasteiger partial charge in [0.2, 0.25) is 0 Å². The Bertz CT molecular complexity index is 614. The topological polar surface area (TPSA) is 55.2 Å². The Morgan fingerprint density at radius 3 is 2.68 bits per heavy atom. The SMILES string of the molecule is CCc1ccccc1Nc1cc(F)cc([N+](=O)[O-])c1. The molecule has 19 heavy (non-hydrogen) atoms. The lowest BCUT2D eigenvalue weighted by molar-refractivity contribution is -0.385. The molecule has 0 fully saturated rings. The average molecular weight is 260 g/mol. The molecule has 0 saturated heterocycles. The molecule has 0 aliphatic carbocycles. The molecule has 5 heteroatoms. The number of aryl methyl sites for hydroxylation is 1. The monoisotopic (exact) mass is 260 g/mol. The van der Waals surface area contributed by atoms with E-state index in [1.807, 2.05) is 31.2 Å². The molecule has 2 aromatic carbocycles. The summed E-state index contributed by atoms with van der Waals surface area (Å²) < 4.78 is 13.3. The van der Waals surface area contributed by atoms with Gasteiger partial charge in [0.1, 0.15) is 5.82 Å². The first-order valence-electron chi connectivity index (χ1n) is 5.90. The van der Waals surface area contributed by atoms with Crippen molar-refractivity contribution in [3.63, 3.8) is 0 Å². The van der Waals surface area contributed by atoms with Crippen molar-refractivity contribution in [2.45, 2.75) is 13.3 Å². The van der Waals surface area contributed by atoms with Crippen molar-refractivity contribution in [1.82, 2.24) is 0 Å². The van der Waals surface area contributed by atoms with Crippen LogP contribution in [0.15, 0.2) is 42.5 Å². The molecular formula is C14H13FN2O2. The lowest BCUT2D eigenvalue weighted by Gasteiger charge is -2.10. The Balaban J connectivity index is 2.35. The number of nitrogens with zero attached hydrogens (tertiary/aromatic N) is 1. The molecule has 0 atom stereocenters. The molecule has 0 amide bonds. The highest BCUT2D eigenvalue weighted by molar-refractivity contribution is 5.65. The Kier molecular flexibility index (Phi) is 3.75. The predicted molar refractivity (Wildman–Crippen MR) is 72.2 cm³/mol. The molecule has 0 saturated carbocycles. The van der Waals surface area contributed by atoms with E-state index in [9.17, 15) is 14.5 Å². The summed E-state index contributed by atoms with van der Waals surface area (Å²) in [5.41, 5.74) is 1.99. The summed E-state index contributed by atoms with van der Waals surface area (Å²) in [6, 6.07) is 11.0. The molecule has 0 spiro atoms. The van der Waals surface area contributed by atoms with Gasteiger partial charge in [-0.15, -0.1) is 0 Å². The molecule has 1 N–H and O–H groups in total. The van der Waals surface area contributed by atoms with Crippen LogP contribution in [0.1, 0.15) is 12.5 Å². The Hall–Kier alpha value is -2.43. The molecule has 0 bridgehead atoms. The minimum absolute atomic E-state index is 0.267. The number of para-hydroxylation sites is 1. The Labute approximate surface area is 110 Å². The van der Waals surface area contributed by atoms with Gasteiger partial charge in [-0.2, -0.15) is 0 Å². The van der Waals surface area contributed by atoms with Crippen LogP contribution < -0.4 is 5.32 Å². The van der Waals surface area contributed by atoms with Gasteiger partial charge in [-0.05, 0) is 24.1 Å². The number of nitrogens with one attached hydrogen (secondary N) is 1. The minimum Gasteiger partial charge on any atom is -0.355 e. The zero-order chi connectivity index (χ0) is 13.8. The van der Waals surface area contributed by atoms with E-state index >= 15 is 0 Å². The second-order valence-corrected chi connectivity index (χ2v) is 4.09. The zero-order valence-electron chi connectivity index (χ0n) is 10.4. The summed E-state index contributed by atoms with van der Waals surface area (Å²) in [6.07, 6.45) is 0.820. The molecule has 0 aliphatic rings. The van der Waals surface area contributed by atoms with Crippen LogP contribution >= 0.6 is 0 Å². The van der Waals surface area contributed by atoms with Gasteiger partial charge in [0.05, 0.1) is 11.0 Å². The fraction of sp³-hybridized carbons (Fsp3) is 0.143. The van der Waals surface area contributed by atoms with E-state index in [1.165, 1.54) is 12.1 Å². The highest BCUT2D eigenvalue weighted by Crippen LogP contribution is 2.25. The number of non-ortho nitro benzene ring substituents is 1. The second-order valence-electron chi connectivity index (χ2n) is 4.09. The summed E-state index contributed by atoms with van der Waals surface area (Å²) in [5.74, 6) is -0.634. The number of nitro benzene ring substituents is 1. The van der Waals surface area contributed by atoms with E-state index < -0.39 is 10.7 Å². The van der Waals surface area contributed by atoms with Gasteiger partial charge >= 0.3 is 0 Å². The predicted octanol–water partition coefficient (Wildman–Crippen LogP) is 4.04. The fourth-order valence-corrected chi connectivity index (χ4v) is 1.86. The van der Waals surface area contributed by atoms with Gasteiger partial charge in [0.25, 0.3) is 5.69 Å². The first-order valence-corrected chi connectivity index (χ1v) is 5.90. The third kappa shape index (κ3) is 3.07.